The van der Waals surface area contributed by atoms with Crippen molar-refractivity contribution in [3.63, 3.8) is 0 Å². The lowest BCUT2D eigenvalue weighted by atomic mass is 9.76. The summed E-state index contributed by atoms with van der Waals surface area (Å²) in [7, 11) is 0. The molecule has 158 valence electrons. The van der Waals surface area contributed by atoms with Crippen LogP contribution in [0.5, 0.6) is 0 Å². The third kappa shape index (κ3) is 3.70. The molecule has 30 heavy (non-hydrogen) atoms. The molecule has 1 aromatic rings. The van der Waals surface area contributed by atoms with Gasteiger partial charge in [0, 0.05) is 32.9 Å². The van der Waals surface area contributed by atoms with Gasteiger partial charge in [-0.25, -0.2) is 0 Å². The van der Waals surface area contributed by atoms with E-state index in [-0.39, 0.29) is 42.9 Å². The van der Waals surface area contributed by atoms with Crippen LogP contribution in [0.3, 0.4) is 0 Å². The van der Waals surface area contributed by atoms with Gasteiger partial charge in [0.25, 0.3) is 5.91 Å². The Balaban J connectivity index is 2.30. The van der Waals surface area contributed by atoms with Gasteiger partial charge in [0.2, 0.25) is 17.7 Å². The summed E-state index contributed by atoms with van der Waals surface area (Å²) in [6, 6.07) is 8.58. The fourth-order valence-corrected chi connectivity index (χ4v) is 3.91. The van der Waals surface area contributed by atoms with Gasteiger partial charge < -0.3 is 4.74 Å². The molecular weight excluding hydrogens is 390 g/mol. The Morgan fingerprint density at radius 3 is 2.10 bits per heavy atom. The molecule has 2 atom stereocenters. The predicted molar refractivity (Wildman–Crippen MR) is 104 cm³/mol. The Morgan fingerprint density at radius 1 is 1.03 bits per heavy atom. The number of piperidine rings is 1. The van der Waals surface area contributed by atoms with Gasteiger partial charge in [0.05, 0.1) is 12.2 Å². The molecule has 4 amide bonds. The highest BCUT2D eigenvalue weighted by molar-refractivity contribution is 6.16. The third-order valence-electron chi connectivity index (χ3n) is 5.17. The molecule has 1 N–H and O–H groups in total. The normalized spacial score (nSPS) is 21.6. The Labute approximate surface area is 173 Å². The van der Waals surface area contributed by atoms with Gasteiger partial charge in [-0.05, 0) is 12.5 Å². The Bertz CT molecular complexity index is 915. The molecule has 2 heterocycles. The van der Waals surface area contributed by atoms with Crippen LogP contribution in [0.25, 0.3) is 0 Å². The average molecular weight is 413 g/mol. The van der Waals surface area contributed by atoms with Crippen LogP contribution in [0.2, 0.25) is 0 Å². The fourth-order valence-electron chi connectivity index (χ4n) is 3.91. The quantitative estimate of drug-likeness (QED) is 0.335. The minimum Gasteiger partial charge on any atom is -0.465 e. The van der Waals surface area contributed by atoms with Gasteiger partial charge in [0.15, 0.2) is 0 Å². The maximum Gasteiger partial charge on any atom is 0.319 e. The Hall–Kier alpha value is -3.49. The number of rotatable bonds is 3. The minimum atomic E-state index is -1.34. The molecule has 9 heteroatoms. The van der Waals surface area contributed by atoms with Crippen LogP contribution in [0.15, 0.2) is 41.7 Å². The summed E-state index contributed by atoms with van der Waals surface area (Å²) in [4.78, 5) is 65.6. The summed E-state index contributed by atoms with van der Waals surface area (Å²) < 4.78 is 5.10. The lowest BCUT2D eigenvalue weighted by molar-refractivity contribution is -0.154. The van der Waals surface area contributed by atoms with Crippen molar-refractivity contribution in [1.29, 1.82) is 0 Å². The van der Waals surface area contributed by atoms with Crippen molar-refractivity contribution < 1.29 is 28.7 Å². The minimum absolute atomic E-state index is 0.0155. The number of benzene rings is 1. The van der Waals surface area contributed by atoms with Crippen molar-refractivity contribution in [2.24, 2.45) is 5.92 Å². The third-order valence-corrected chi connectivity index (χ3v) is 5.17. The smallest absolute Gasteiger partial charge is 0.319 e. The second-order valence-corrected chi connectivity index (χ2v) is 7.02. The van der Waals surface area contributed by atoms with Crippen LogP contribution in [0.1, 0.15) is 32.3 Å². The highest BCUT2D eigenvalue weighted by atomic mass is 16.5. The van der Waals surface area contributed by atoms with E-state index in [1.54, 1.807) is 37.3 Å². The number of esters is 1. The zero-order chi connectivity index (χ0) is 22.0. The highest BCUT2D eigenvalue weighted by Gasteiger charge is 2.49. The highest BCUT2D eigenvalue weighted by Crippen LogP contribution is 2.40. The average Bonchev–Trinajstić information content (AvgIpc) is 3.13. The summed E-state index contributed by atoms with van der Waals surface area (Å²) >= 11 is 0. The van der Waals surface area contributed by atoms with Crippen LogP contribution < -0.4 is 5.32 Å². The summed E-state index contributed by atoms with van der Waals surface area (Å²) in [6.07, 6.45) is 0. The fraction of sp³-hybridized carbons (Fsp3) is 0.381. The van der Waals surface area contributed by atoms with Crippen molar-refractivity contribution in [2.45, 2.75) is 26.7 Å². The lowest BCUT2D eigenvalue weighted by Gasteiger charge is -2.34. The van der Waals surface area contributed by atoms with E-state index in [0.717, 1.165) is 0 Å². The van der Waals surface area contributed by atoms with Crippen LogP contribution in [-0.4, -0.2) is 59.1 Å². The standard InChI is InChI=1S/C21H23N3O6/c1-4-30-21(29)17-15(14-8-6-5-7-9-14)16(18(27)22-19(17)28)20-23(12(2)25)10-11-24(20)13(3)26/h5-9,15,17H,4,10-11H2,1-3H3,(H,22,27,28)/t15-,17-/m0/s1. The molecule has 2 aliphatic rings. The van der Waals surface area contributed by atoms with Crippen LogP contribution in [0, 0.1) is 5.92 Å². The molecule has 0 unspecified atom stereocenters. The van der Waals surface area contributed by atoms with Crippen molar-refractivity contribution >= 4 is 29.6 Å². The van der Waals surface area contributed by atoms with E-state index in [4.69, 9.17) is 4.74 Å². The molecule has 0 spiro atoms. The van der Waals surface area contributed by atoms with Crippen LogP contribution in [0.4, 0.5) is 0 Å². The summed E-state index contributed by atoms with van der Waals surface area (Å²) in [5, 5.41) is 2.20. The first-order chi connectivity index (χ1) is 14.3. The van der Waals surface area contributed by atoms with Crippen molar-refractivity contribution in [3.8, 4) is 0 Å². The zero-order valence-corrected chi connectivity index (χ0v) is 17.0. The number of amides is 4. The van der Waals surface area contributed by atoms with E-state index in [1.807, 2.05) is 0 Å². The molecule has 0 aromatic heterocycles. The van der Waals surface area contributed by atoms with Crippen molar-refractivity contribution in [3.05, 3.63) is 47.3 Å². The molecule has 2 fully saturated rings. The van der Waals surface area contributed by atoms with Gasteiger partial charge in [-0.3, -0.25) is 39.1 Å². The summed E-state index contributed by atoms with van der Waals surface area (Å²) in [6.45, 7) is 4.75. The number of imide groups is 1. The topological polar surface area (TPSA) is 113 Å². The molecule has 0 bridgehead atoms. The molecule has 3 rings (SSSR count). The van der Waals surface area contributed by atoms with Gasteiger partial charge in [0.1, 0.15) is 11.7 Å². The van der Waals surface area contributed by atoms with E-state index in [0.29, 0.717) is 5.56 Å². The molecular formula is C21H23N3O6. The first kappa shape index (κ1) is 21.2. The molecule has 0 saturated carbocycles. The monoisotopic (exact) mass is 413 g/mol. The molecule has 9 nitrogen and oxygen atoms in total. The second kappa shape index (κ2) is 8.48. The van der Waals surface area contributed by atoms with E-state index in [2.05, 4.69) is 5.32 Å². The number of ether oxygens (including phenoxy) is 1. The number of carbonyl (C=O) groups is 5. The van der Waals surface area contributed by atoms with E-state index >= 15 is 0 Å². The number of hydrogen-bond donors (Lipinski definition) is 1. The number of carbonyl (C=O) groups excluding carboxylic acids is 5. The van der Waals surface area contributed by atoms with Gasteiger partial charge >= 0.3 is 5.97 Å². The van der Waals surface area contributed by atoms with E-state index < -0.39 is 29.6 Å². The molecule has 1 aromatic carbocycles. The second-order valence-electron chi connectivity index (χ2n) is 7.02. The largest absolute Gasteiger partial charge is 0.465 e. The summed E-state index contributed by atoms with van der Waals surface area (Å²) in [5.74, 6) is -5.27. The van der Waals surface area contributed by atoms with Crippen LogP contribution in [-0.2, 0) is 28.7 Å². The number of hydrogen-bond acceptors (Lipinski definition) is 6. The maximum atomic E-state index is 13.0. The molecule has 0 aliphatic carbocycles. The van der Waals surface area contributed by atoms with Gasteiger partial charge in [-0.2, -0.15) is 0 Å². The van der Waals surface area contributed by atoms with Gasteiger partial charge in [-0.15, -0.1) is 0 Å². The first-order valence-electron chi connectivity index (χ1n) is 9.65. The molecule has 2 saturated heterocycles. The number of nitrogens with zero attached hydrogens (tertiary/aromatic N) is 2. The SMILES string of the molecule is CCOC(=O)[C@@H]1C(=O)NC(=O)C(=C2N(C(C)=O)CCN2C(C)=O)[C@@H]1c1ccccc1. The van der Waals surface area contributed by atoms with E-state index in [9.17, 15) is 24.0 Å². The number of nitrogens with one attached hydrogen (secondary N) is 1. The van der Waals surface area contributed by atoms with E-state index in [1.165, 1.54) is 23.6 Å². The summed E-state index contributed by atoms with van der Waals surface area (Å²) in [5.41, 5.74) is 0.543. The maximum absolute atomic E-state index is 13.0. The first-order valence-corrected chi connectivity index (χ1v) is 9.65. The van der Waals surface area contributed by atoms with Crippen LogP contribution >= 0.6 is 0 Å². The predicted octanol–water partition coefficient (Wildman–Crippen LogP) is 0.528. The molecule has 2 aliphatic heterocycles. The van der Waals surface area contributed by atoms with Gasteiger partial charge in [-0.1, -0.05) is 30.3 Å². The Morgan fingerprint density at radius 2 is 1.60 bits per heavy atom. The lowest BCUT2D eigenvalue weighted by Crippen LogP contribution is -2.51. The van der Waals surface area contributed by atoms with Crippen molar-refractivity contribution in [2.75, 3.05) is 19.7 Å². The van der Waals surface area contributed by atoms with Crippen molar-refractivity contribution in [1.82, 2.24) is 15.1 Å². The zero-order valence-electron chi connectivity index (χ0n) is 17.0. The Kier molecular flexibility index (Phi) is 6.00. The molecule has 0 radical (unpaired) electrons.